The van der Waals surface area contributed by atoms with Gasteiger partial charge in [-0.2, -0.15) is 0 Å². The molecular weight excluding hydrogens is 200 g/mol. The van der Waals surface area contributed by atoms with Crippen molar-refractivity contribution in [3.05, 3.63) is 29.3 Å². The monoisotopic (exact) mass is 218 g/mol. The van der Waals surface area contributed by atoms with E-state index < -0.39 is 0 Å². The highest BCUT2D eigenvalue weighted by atomic mass is 16.5. The predicted molar refractivity (Wildman–Crippen MR) is 64.0 cm³/mol. The van der Waals surface area contributed by atoms with Gasteiger partial charge in [0.15, 0.2) is 5.78 Å². The number of carbonyl (C=O) groups is 1. The van der Waals surface area contributed by atoms with E-state index in [0.29, 0.717) is 0 Å². The highest BCUT2D eigenvalue weighted by Gasteiger charge is 2.22. The molecule has 2 heteroatoms. The van der Waals surface area contributed by atoms with Crippen molar-refractivity contribution in [3.63, 3.8) is 0 Å². The van der Waals surface area contributed by atoms with E-state index in [1.165, 1.54) is 12.8 Å². The number of hydrogen-bond acceptors (Lipinski definition) is 2. The first-order chi connectivity index (χ1) is 7.70. The van der Waals surface area contributed by atoms with Crippen molar-refractivity contribution >= 4 is 5.78 Å². The minimum atomic E-state index is 0.130. The van der Waals surface area contributed by atoms with Crippen molar-refractivity contribution in [2.24, 2.45) is 5.92 Å². The zero-order valence-corrected chi connectivity index (χ0v) is 9.95. The quantitative estimate of drug-likeness (QED) is 0.709. The second-order valence-corrected chi connectivity index (χ2v) is 4.48. The molecule has 0 radical (unpaired) electrons. The molecule has 0 aliphatic heterocycles. The van der Waals surface area contributed by atoms with E-state index in [1.54, 1.807) is 6.92 Å². The predicted octanol–water partition coefficient (Wildman–Crippen LogP) is 3.24. The zero-order chi connectivity index (χ0) is 11.5. The summed E-state index contributed by atoms with van der Waals surface area (Å²) in [6.07, 6.45) is 3.47. The van der Waals surface area contributed by atoms with Crippen LogP contribution in [0.3, 0.4) is 0 Å². The minimum Gasteiger partial charge on any atom is -0.493 e. The van der Waals surface area contributed by atoms with Crippen molar-refractivity contribution in [3.8, 4) is 5.75 Å². The highest BCUT2D eigenvalue weighted by molar-refractivity contribution is 5.95. The summed E-state index contributed by atoms with van der Waals surface area (Å²) in [7, 11) is 0. The summed E-state index contributed by atoms with van der Waals surface area (Å²) in [5.74, 6) is 1.79. The van der Waals surface area contributed by atoms with E-state index in [1.807, 2.05) is 18.2 Å². The van der Waals surface area contributed by atoms with Crippen molar-refractivity contribution < 1.29 is 9.53 Å². The number of ether oxygens (including phenoxy) is 1. The largest absolute Gasteiger partial charge is 0.493 e. The van der Waals surface area contributed by atoms with Crippen LogP contribution in [0.2, 0.25) is 0 Å². The van der Waals surface area contributed by atoms with Crippen molar-refractivity contribution in [1.29, 1.82) is 0 Å². The van der Waals surface area contributed by atoms with E-state index in [9.17, 15) is 4.79 Å². The molecule has 0 aromatic heterocycles. The van der Waals surface area contributed by atoms with Crippen LogP contribution in [0.15, 0.2) is 18.2 Å². The molecule has 1 aromatic rings. The zero-order valence-electron chi connectivity index (χ0n) is 9.95. The van der Waals surface area contributed by atoms with Gasteiger partial charge in [0, 0.05) is 5.56 Å². The first kappa shape index (κ1) is 11.2. The van der Waals surface area contributed by atoms with Crippen molar-refractivity contribution in [2.45, 2.75) is 33.1 Å². The summed E-state index contributed by atoms with van der Waals surface area (Å²) < 4.78 is 5.70. The Morgan fingerprint density at radius 1 is 1.44 bits per heavy atom. The molecule has 1 saturated carbocycles. The summed E-state index contributed by atoms with van der Waals surface area (Å²) >= 11 is 0. The Hall–Kier alpha value is -1.31. The van der Waals surface area contributed by atoms with Gasteiger partial charge in [0.1, 0.15) is 5.75 Å². The van der Waals surface area contributed by atoms with Crippen LogP contribution >= 0.6 is 0 Å². The van der Waals surface area contributed by atoms with Crippen LogP contribution in [0.5, 0.6) is 5.75 Å². The molecular formula is C14H18O2. The van der Waals surface area contributed by atoms with E-state index in [4.69, 9.17) is 4.74 Å². The second kappa shape index (κ2) is 4.69. The lowest BCUT2D eigenvalue weighted by Crippen LogP contribution is -2.02. The molecule has 16 heavy (non-hydrogen) atoms. The molecule has 0 spiro atoms. The topological polar surface area (TPSA) is 26.3 Å². The van der Waals surface area contributed by atoms with Crippen LogP contribution < -0.4 is 4.74 Å². The summed E-state index contributed by atoms with van der Waals surface area (Å²) in [6.45, 7) is 4.49. The van der Waals surface area contributed by atoms with Gasteiger partial charge < -0.3 is 4.74 Å². The maximum absolute atomic E-state index is 11.4. The van der Waals surface area contributed by atoms with E-state index in [2.05, 4.69) is 6.92 Å². The molecule has 2 nitrogen and oxygen atoms in total. The van der Waals surface area contributed by atoms with Gasteiger partial charge in [-0.05, 0) is 55.9 Å². The first-order valence-electron chi connectivity index (χ1n) is 5.97. The number of hydrogen-bond donors (Lipinski definition) is 0. The van der Waals surface area contributed by atoms with Gasteiger partial charge in [-0.3, -0.25) is 4.79 Å². The van der Waals surface area contributed by atoms with Crippen molar-refractivity contribution in [2.75, 3.05) is 6.61 Å². The lowest BCUT2D eigenvalue weighted by Gasteiger charge is -2.09. The number of benzene rings is 1. The Bertz CT molecular complexity index is 392. The lowest BCUT2D eigenvalue weighted by atomic mass is 10.0. The van der Waals surface area contributed by atoms with Crippen LogP contribution in [0, 0.1) is 5.92 Å². The fraction of sp³-hybridized carbons (Fsp3) is 0.500. The molecule has 86 valence electrons. The van der Waals surface area contributed by atoms with Gasteiger partial charge in [0.05, 0.1) is 6.61 Å². The highest BCUT2D eigenvalue weighted by Crippen LogP contribution is 2.30. The molecule has 0 atom stereocenters. The third-order valence-corrected chi connectivity index (χ3v) is 3.02. The lowest BCUT2D eigenvalue weighted by molar-refractivity contribution is 0.101. The third-order valence-electron chi connectivity index (χ3n) is 3.02. The van der Waals surface area contributed by atoms with Gasteiger partial charge >= 0.3 is 0 Å². The molecule has 0 amide bonds. The molecule has 0 N–H and O–H groups in total. The summed E-state index contributed by atoms with van der Waals surface area (Å²) in [4.78, 5) is 11.4. The van der Waals surface area contributed by atoms with Crippen LogP contribution in [0.25, 0.3) is 0 Å². The van der Waals surface area contributed by atoms with Crippen LogP contribution in [-0.4, -0.2) is 12.4 Å². The number of carbonyl (C=O) groups excluding carboxylic acids is 1. The molecule has 0 saturated heterocycles. The van der Waals surface area contributed by atoms with Gasteiger partial charge in [-0.1, -0.05) is 6.92 Å². The van der Waals surface area contributed by atoms with Crippen LogP contribution in [0.1, 0.15) is 42.6 Å². The number of aryl methyl sites for hydroxylation is 1. The van der Waals surface area contributed by atoms with E-state index in [-0.39, 0.29) is 5.78 Å². The van der Waals surface area contributed by atoms with Gasteiger partial charge in [-0.15, -0.1) is 0 Å². The summed E-state index contributed by atoms with van der Waals surface area (Å²) in [5.41, 5.74) is 1.90. The fourth-order valence-electron chi connectivity index (χ4n) is 1.79. The average molecular weight is 218 g/mol. The Balaban J connectivity index is 2.11. The minimum absolute atomic E-state index is 0.130. The van der Waals surface area contributed by atoms with Gasteiger partial charge in [0.25, 0.3) is 0 Å². The fourth-order valence-corrected chi connectivity index (χ4v) is 1.79. The molecule has 1 aliphatic rings. The average Bonchev–Trinajstić information content (AvgIpc) is 3.09. The molecule has 1 aliphatic carbocycles. The molecule has 1 aromatic carbocycles. The second-order valence-electron chi connectivity index (χ2n) is 4.48. The van der Waals surface area contributed by atoms with Gasteiger partial charge in [-0.25, -0.2) is 0 Å². The molecule has 0 unspecified atom stereocenters. The van der Waals surface area contributed by atoms with Gasteiger partial charge in [0.2, 0.25) is 0 Å². The maximum Gasteiger partial charge on any atom is 0.160 e. The number of ketones is 1. The molecule has 1 fully saturated rings. The standard InChI is InChI=1S/C14H18O2/c1-3-12-8-13(16-9-11-4-5-11)6-7-14(12)10(2)15/h6-8,11H,3-5,9H2,1-2H3. The first-order valence-corrected chi connectivity index (χ1v) is 5.97. The Kier molecular flexibility index (Phi) is 3.28. The maximum atomic E-state index is 11.4. The summed E-state index contributed by atoms with van der Waals surface area (Å²) in [6, 6.07) is 5.78. The number of Topliss-reactive ketones (excluding diaryl/α,β-unsaturated/α-hetero) is 1. The molecule has 0 bridgehead atoms. The third kappa shape index (κ3) is 2.63. The summed E-state index contributed by atoms with van der Waals surface area (Å²) in [5, 5.41) is 0. The van der Waals surface area contributed by atoms with E-state index >= 15 is 0 Å². The van der Waals surface area contributed by atoms with Crippen LogP contribution in [0.4, 0.5) is 0 Å². The normalized spacial score (nSPS) is 14.9. The Morgan fingerprint density at radius 2 is 2.19 bits per heavy atom. The number of rotatable bonds is 5. The molecule has 2 rings (SSSR count). The molecule has 0 heterocycles. The van der Waals surface area contributed by atoms with E-state index in [0.717, 1.165) is 35.8 Å². The Morgan fingerprint density at radius 3 is 2.75 bits per heavy atom. The SMILES string of the molecule is CCc1cc(OCC2CC2)ccc1C(C)=O. The van der Waals surface area contributed by atoms with Crippen LogP contribution in [-0.2, 0) is 6.42 Å². The smallest absolute Gasteiger partial charge is 0.160 e. The Labute approximate surface area is 96.6 Å². The van der Waals surface area contributed by atoms with Crippen molar-refractivity contribution in [1.82, 2.24) is 0 Å².